The van der Waals surface area contributed by atoms with Crippen LogP contribution in [-0.2, 0) is 0 Å². The smallest absolute Gasteiger partial charge is 0.193 e. The molecular weight excluding hydrogens is 382 g/mol. The van der Waals surface area contributed by atoms with E-state index < -0.39 is 0 Å². The van der Waals surface area contributed by atoms with Gasteiger partial charge in [0.15, 0.2) is 16.8 Å². The molecule has 0 aliphatic heterocycles. The summed E-state index contributed by atoms with van der Waals surface area (Å²) in [6.45, 7) is 0. The number of ether oxygens (including phenoxy) is 1. The first-order valence-corrected chi connectivity index (χ1v) is 7.72. The summed E-state index contributed by atoms with van der Waals surface area (Å²) in [6, 6.07) is 11.7. The molecule has 0 bridgehead atoms. The predicted octanol–water partition coefficient (Wildman–Crippen LogP) is 4.76. The number of benzene rings is 2. The zero-order valence-electron chi connectivity index (χ0n) is 11.9. The summed E-state index contributed by atoms with van der Waals surface area (Å²) in [5, 5.41) is 9.53. The van der Waals surface area contributed by atoms with E-state index >= 15 is 0 Å². The topological polar surface area (TPSA) is 63.2 Å². The first-order chi connectivity index (χ1) is 11.0. The molecule has 2 aromatic carbocycles. The van der Waals surface area contributed by atoms with E-state index in [-0.39, 0.29) is 5.43 Å². The molecular formula is C17H9BrClNO3. The molecule has 114 valence electrons. The van der Waals surface area contributed by atoms with Crippen LogP contribution >= 0.6 is 27.5 Å². The molecule has 4 nitrogen and oxygen atoms in total. The van der Waals surface area contributed by atoms with E-state index in [1.807, 2.05) is 6.07 Å². The van der Waals surface area contributed by atoms with Crippen molar-refractivity contribution >= 4 is 38.5 Å². The highest BCUT2D eigenvalue weighted by Crippen LogP contribution is 2.39. The predicted molar refractivity (Wildman–Crippen MR) is 91.9 cm³/mol. The van der Waals surface area contributed by atoms with Crippen molar-refractivity contribution in [3.63, 3.8) is 0 Å². The molecule has 0 atom stereocenters. The Balaban J connectivity index is 2.28. The number of nitriles is 1. The summed E-state index contributed by atoms with van der Waals surface area (Å²) in [5.41, 5.74) is 1.38. The Labute approximate surface area is 145 Å². The van der Waals surface area contributed by atoms with Crippen LogP contribution in [0.2, 0.25) is 5.02 Å². The lowest BCUT2D eigenvalue weighted by atomic mass is 10.1. The third-order valence-corrected chi connectivity index (χ3v) is 4.37. The van der Waals surface area contributed by atoms with E-state index in [0.29, 0.717) is 43.1 Å². The lowest BCUT2D eigenvalue weighted by Crippen LogP contribution is -2.02. The lowest BCUT2D eigenvalue weighted by molar-refractivity contribution is 0.412. The van der Waals surface area contributed by atoms with Gasteiger partial charge in [0.2, 0.25) is 0 Å². The first-order valence-electron chi connectivity index (χ1n) is 6.55. The Hall–Kier alpha value is -2.29. The number of rotatable bonds is 2. The lowest BCUT2D eigenvalue weighted by Gasteiger charge is -2.09. The van der Waals surface area contributed by atoms with E-state index in [1.54, 1.807) is 24.3 Å². The molecule has 3 rings (SSSR count). The number of methoxy groups -OCH3 is 1. The maximum atomic E-state index is 12.4. The molecule has 0 fully saturated rings. The molecule has 0 saturated carbocycles. The summed E-state index contributed by atoms with van der Waals surface area (Å²) >= 11 is 9.48. The SMILES string of the molecule is COc1c(Cl)cc2c(=O)cc(-c3ccc(C#N)cc3)oc2c1Br. The van der Waals surface area contributed by atoms with Crippen molar-refractivity contribution in [2.75, 3.05) is 7.11 Å². The second kappa shape index (κ2) is 6.07. The molecule has 1 aromatic heterocycles. The Morgan fingerprint density at radius 1 is 1.26 bits per heavy atom. The number of hydrogen-bond acceptors (Lipinski definition) is 4. The molecule has 0 aliphatic rings. The van der Waals surface area contributed by atoms with Gasteiger partial charge in [-0.25, -0.2) is 0 Å². The van der Waals surface area contributed by atoms with Gasteiger partial charge in [-0.1, -0.05) is 11.6 Å². The van der Waals surface area contributed by atoms with Crippen molar-refractivity contribution in [3.8, 4) is 23.1 Å². The zero-order chi connectivity index (χ0) is 16.6. The average molecular weight is 391 g/mol. The standard InChI is InChI=1S/C17H9BrClNO3/c1-22-17-12(19)6-11-13(21)7-14(23-16(11)15(17)18)10-4-2-9(8-20)3-5-10/h2-7H,1H3. The molecule has 0 aliphatic carbocycles. The van der Waals surface area contributed by atoms with Crippen molar-refractivity contribution in [3.05, 3.63) is 61.7 Å². The van der Waals surface area contributed by atoms with Gasteiger partial charge < -0.3 is 9.15 Å². The monoisotopic (exact) mass is 389 g/mol. The number of nitrogens with zero attached hydrogens (tertiary/aromatic N) is 1. The van der Waals surface area contributed by atoms with Crippen molar-refractivity contribution in [1.29, 1.82) is 5.26 Å². The normalized spacial score (nSPS) is 10.5. The van der Waals surface area contributed by atoms with Crippen LogP contribution in [0.15, 0.2) is 50.1 Å². The molecule has 6 heteroatoms. The Kier molecular flexibility index (Phi) is 4.12. The Morgan fingerprint density at radius 3 is 2.57 bits per heavy atom. The highest BCUT2D eigenvalue weighted by atomic mass is 79.9. The second-order valence-electron chi connectivity index (χ2n) is 4.75. The van der Waals surface area contributed by atoms with Gasteiger partial charge in [-0.2, -0.15) is 5.26 Å². The van der Waals surface area contributed by atoms with Crippen LogP contribution in [0, 0.1) is 11.3 Å². The minimum atomic E-state index is -0.212. The highest BCUT2D eigenvalue weighted by molar-refractivity contribution is 9.10. The van der Waals surface area contributed by atoms with Gasteiger partial charge in [-0.05, 0) is 46.3 Å². The van der Waals surface area contributed by atoms with Gasteiger partial charge in [0.1, 0.15) is 10.2 Å². The number of halogens is 2. The van der Waals surface area contributed by atoms with Crippen LogP contribution in [0.4, 0.5) is 0 Å². The van der Waals surface area contributed by atoms with Crippen molar-refractivity contribution < 1.29 is 9.15 Å². The van der Waals surface area contributed by atoms with Gasteiger partial charge >= 0.3 is 0 Å². The van der Waals surface area contributed by atoms with E-state index in [2.05, 4.69) is 15.9 Å². The summed E-state index contributed by atoms with van der Waals surface area (Å²) in [6.07, 6.45) is 0. The molecule has 1 heterocycles. The summed E-state index contributed by atoms with van der Waals surface area (Å²) < 4.78 is 11.6. The van der Waals surface area contributed by atoms with Crippen LogP contribution in [0.1, 0.15) is 5.56 Å². The zero-order valence-corrected chi connectivity index (χ0v) is 14.2. The average Bonchev–Trinajstić information content (AvgIpc) is 2.56. The van der Waals surface area contributed by atoms with E-state index in [1.165, 1.54) is 19.2 Å². The molecule has 23 heavy (non-hydrogen) atoms. The third kappa shape index (κ3) is 2.72. The Morgan fingerprint density at radius 2 is 1.96 bits per heavy atom. The van der Waals surface area contributed by atoms with Crippen LogP contribution in [0.3, 0.4) is 0 Å². The van der Waals surface area contributed by atoms with Crippen LogP contribution in [0.5, 0.6) is 5.75 Å². The quantitative estimate of drug-likeness (QED) is 0.633. The fourth-order valence-electron chi connectivity index (χ4n) is 2.24. The van der Waals surface area contributed by atoms with Gasteiger partial charge in [-0.15, -0.1) is 0 Å². The minimum Gasteiger partial charge on any atom is -0.494 e. The maximum Gasteiger partial charge on any atom is 0.193 e. The second-order valence-corrected chi connectivity index (χ2v) is 5.95. The van der Waals surface area contributed by atoms with Crippen molar-refractivity contribution in [2.24, 2.45) is 0 Å². The molecule has 0 N–H and O–H groups in total. The van der Waals surface area contributed by atoms with Crippen LogP contribution in [-0.4, -0.2) is 7.11 Å². The molecule has 0 unspecified atom stereocenters. The first kappa shape index (κ1) is 15.6. The molecule has 0 radical (unpaired) electrons. The molecule has 0 saturated heterocycles. The molecule has 0 amide bonds. The Bertz CT molecular complexity index is 1000. The highest BCUT2D eigenvalue weighted by Gasteiger charge is 2.16. The van der Waals surface area contributed by atoms with Crippen LogP contribution < -0.4 is 10.2 Å². The van der Waals surface area contributed by atoms with Crippen LogP contribution in [0.25, 0.3) is 22.3 Å². The molecule has 0 spiro atoms. The van der Waals surface area contributed by atoms with Gasteiger partial charge in [0.25, 0.3) is 0 Å². The van der Waals surface area contributed by atoms with Gasteiger partial charge in [0, 0.05) is 11.6 Å². The maximum absolute atomic E-state index is 12.4. The van der Waals surface area contributed by atoms with E-state index in [4.69, 9.17) is 26.0 Å². The van der Waals surface area contributed by atoms with Gasteiger partial charge in [0.05, 0.1) is 29.2 Å². The summed E-state index contributed by atoms with van der Waals surface area (Å²) in [5.74, 6) is 0.802. The largest absolute Gasteiger partial charge is 0.494 e. The van der Waals surface area contributed by atoms with E-state index in [9.17, 15) is 4.79 Å². The van der Waals surface area contributed by atoms with Crippen molar-refractivity contribution in [2.45, 2.75) is 0 Å². The molecule has 3 aromatic rings. The minimum absolute atomic E-state index is 0.212. The fourth-order valence-corrected chi connectivity index (χ4v) is 3.31. The third-order valence-electron chi connectivity index (χ3n) is 3.37. The summed E-state index contributed by atoms with van der Waals surface area (Å²) in [7, 11) is 1.49. The van der Waals surface area contributed by atoms with Crippen molar-refractivity contribution in [1.82, 2.24) is 0 Å². The number of fused-ring (bicyclic) bond motifs is 1. The fraction of sp³-hybridized carbons (Fsp3) is 0.0588. The van der Waals surface area contributed by atoms with Gasteiger partial charge in [-0.3, -0.25) is 4.79 Å². The summed E-state index contributed by atoms with van der Waals surface area (Å²) in [4.78, 5) is 12.4. The van der Waals surface area contributed by atoms with E-state index in [0.717, 1.165) is 0 Å². The number of hydrogen-bond donors (Lipinski definition) is 0.